The van der Waals surface area contributed by atoms with E-state index in [9.17, 15) is 4.79 Å². The van der Waals surface area contributed by atoms with Crippen LogP contribution in [0.4, 0.5) is 11.5 Å². The van der Waals surface area contributed by atoms with E-state index < -0.39 is 0 Å². The molecule has 1 saturated heterocycles. The summed E-state index contributed by atoms with van der Waals surface area (Å²) in [4.78, 5) is 21.2. The number of amides is 1. The van der Waals surface area contributed by atoms with Gasteiger partial charge in [0.1, 0.15) is 11.6 Å². The molecule has 2 aromatic rings. The zero-order chi connectivity index (χ0) is 20.1. The molecule has 2 heterocycles. The Morgan fingerprint density at radius 3 is 2.61 bits per heavy atom. The molecule has 28 heavy (non-hydrogen) atoms. The Balaban J connectivity index is 1.63. The molecule has 0 radical (unpaired) electrons. The molecule has 1 amide bonds. The zero-order valence-corrected chi connectivity index (χ0v) is 17.2. The van der Waals surface area contributed by atoms with E-state index in [1.807, 2.05) is 31.3 Å². The number of anilines is 2. The van der Waals surface area contributed by atoms with Gasteiger partial charge in [0.2, 0.25) is 0 Å². The number of carbonyl (C=O) groups excluding carboxylic acids is 1. The van der Waals surface area contributed by atoms with Crippen LogP contribution in [0.15, 0.2) is 42.6 Å². The molecular formula is C22H30N4O2. The highest BCUT2D eigenvalue weighted by molar-refractivity contribution is 6.05. The third kappa shape index (κ3) is 4.81. The van der Waals surface area contributed by atoms with Gasteiger partial charge in [-0.3, -0.25) is 4.79 Å². The molecule has 1 fully saturated rings. The Bertz CT molecular complexity index is 774. The van der Waals surface area contributed by atoms with Crippen molar-refractivity contribution in [1.29, 1.82) is 0 Å². The molecule has 1 aromatic heterocycles. The molecule has 0 spiro atoms. The van der Waals surface area contributed by atoms with Crippen molar-refractivity contribution in [3.8, 4) is 5.75 Å². The van der Waals surface area contributed by atoms with E-state index in [1.165, 1.54) is 0 Å². The summed E-state index contributed by atoms with van der Waals surface area (Å²) in [5.41, 5.74) is 1.40. The first-order valence-corrected chi connectivity index (χ1v) is 9.87. The Morgan fingerprint density at radius 1 is 1.29 bits per heavy atom. The monoisotopic (exact) mass is 382 g/mol. The minimum absolute atomic E-state index is 0.0682. The van der Waals surface area contributed by atoms with Crippen molar-refractivity contribution in [3.63, 3.8) is 0 Å². The number of ether oxygens (including phenoxy) is 1. The van der Waals surface area contributed by atoms with Crippen LogP contribution in [-0.2, 0) is 0 Å². The van der Waals surface area contributed by atoms with E-state index in [-0.39, 0.29) is 5.91 Å². The van der Waals surface area contributed by atoms with Crippen molar-refractivity contribution in [3.05, 3.63) is 48.2 Å². The predicted octanol–water partition coefficient (Wildman–Crippen LogP) is 3.19. The van der Waals surface area contributed by atoms with E-state index in [0.29, 0.717) is 24.1 Å². The van der Waals surface area contributed by atoms with Gasteiger partial charge < -0.3 is 19.9 Å². The molecule has 3 rings (SSSR count). The predicted molar refractivity (Wildman–Crippen MR) is 113 cm³/mol. The average Bonchev–Trinajstić information content (AvgIpc) is 3.21. The molecule has 6 nitrogen and oxygen atoms in total. The summed E-state index contributed by atoms with van der Waals surface area (Å²) in [7, 11) is 3.77. The number of nitrogens with one attached hydrogen (secondary N) is 1. The topological polar surface area (TPSA) is 57.7 Å². The van der Waals surface area contributed by atoms with Crippen LogP contribution in [-0.4, -0.2) is 50.7 Å². The normalized spacial score (nSPS) is 16.5. The molecule has 1 aliphatic rings. The maximum absolute atomic E-state index is 12.8. The number of likely N-dealkylation sites (N-methyl/N-ethyl adjacent to an activating group) is 1. The quantitative estimate of drug-likeness (QED) is 0.797. The fourth-order valence-electron chi connectivity index (χ4n) is 3.24. The van der Waals surface area contributed by atoms with Gasteiger partial charge in [-0.15, -0.1) is 0 Å². The number of pyridine rings is 1. The second-order valence-electron chi connectivity index (χ2n) is 7.69. The summed E-state index contributed by atoms with van der Waals surface area (Å²) in [6.07, 6.45) is 2.88. The second-order valence-corrected chi connectivity index (χ2v) is 7.69. The van der Waals surface area contributed by atoms with Gasteiger partial charge in [0.25, 0.3) is 5.91 Å². The molecule has 0 saturated carbocycles. The molecular weight excluding hydrogens is 352 g/mol. The molecule has 1 aliphatic heterocycles. The number of carbonyl (C=O) groups is 1. The van der Waals surface area contributed by atoms with Crippen LogP contribution in [0.5, 0.6) is 5.75 Å². The highest BCUT2D eigenvalue weighted by atomic mass is 16.5. The van der Waals surface area contributed by atoms with E-state index in [0.717, 1.165) is 36.8 Å². The smallest absolute Gasteiger partial charge is 0.258 e. The lowest BCUT2D eigenvalue weighted by Crippen LogP contribution is -2.30. The van der Waals surface area contributed by atoms with Gasteiger partial charge in [0, 0.05) is 31.7 Å². The standard InChI is InChI=1S/C22H30N4O2/c1-16(2)15-28-20-8-5-17(6-9-20)22(27)25(4)19-7-10-21(24-13-19)26-12-11-18(14-26)23-3/h5-10,13,16,18,23H,11-12,14-15H2,1-4H3. The van der Waals surface area contributed by atoms with E-state index in [4.69, 9.17) is 4.74 Å². The van der Waals surface area contributed by atoms with Gasteiger partial charge in [-0.25, -0.2) is 4.98 Å². The lowest BCUT2D eigenvalue weighted by molar-refractivity contribution is 0.0993. The van der Waals surface area contributed by atoms with Crippen molar-refractivity contribution < 1.29 is 9.53 Å². The molecule has 1 unspecified atom stereocenters. The summed E-state index contributed by atoms with van der Waals surface area (Å²) in [5.74, 6) is 2.13. The first-order chi connectivity index (χ1) is 13.5. The second kappa shape index (κ2) is 9.06. The zero-order valence-electron chi connectivity index (χ0n) is 17.2. The number of rotatable bonds is 7. The molecule has 0 aliphatic carbocycles. The van der Waals surface area contributed by atoms with E-state index >= 15 is 0 Å². The van der Waals surface area contributed by atoms with E-state index in [2.05, 4.69) is 29.0 Å². The molecule has 6 heteroatoms. The number of nitrogens with zero attached hydrogens (tertiary/aromatic N) is 3. The molecule has 1 aromatic carbocycles. The van der Waals surface area contributed by atoms with Gasteiger partial charge in [-0.1, -0.05) is 13.8 Å². The van der Waals surface area contributed by atoms with Crippen LogP contribution in [0.3, 0.4) is 0 Å². The summed E-state index contributed by atoms with van der Waals surface area (Å²) in [6, 6.07) is 11.7. The van der Waals surface area contributed by atoms with Crippen molar-refractivity contribution in [2.45, 2.75) is 26.3 Å². The highest BCUT2D eigenvalue weighted by Crippen LogP contribution is 2.22. The molecule has 0 bridgehead atoms. The Kier molecular flexibility index (Phi) is 6.52. The summed E-state index contributed by atoms with van der Waals surface area (Å²) in [5, 5.41) is 3.31. The van der Waals surface area contributed by atoms with E-state index in [1.54, 1.807) is 30.3 Å². The minimum Gasteiger partial charge on any atom is -0.493 e. The van der Waals surface area contributed by atoms with Crippen LogP contribution >= 0.6 is 0 Å². The maximum atomic E-state index is 12.8. The van der Waals surface area contributed by atoms with Crippen LogP contribution in [0, 0.1) is 5.92 Å². The Labute approximate surface area is 167 Å². The molecule has 1 N–H and O–H groups in total. The summed E-state index contributed by atoms with van der Waals surface area (Å²) < 4.78 is 5.68. The van der Waals surface area contributed by atoms with Crippen LogP contribution in [0.2, 0.25) is 0 Å². The van der Waals surface area contributed by atoms with Crippen LogP contribution < -0.4 is 19.9 Å². The minimum atomic E-state index is -0.0682. The van der Waals surface area contributed by atoms with Crippen LogP contribution in [0.25, 0.3) is 0 Å². The fraction of sp³-hybridized carbons (Fsp3) is 0.455. The lowest BCUT2D eigenvalue weighted by atomic mass is 10.2. The first kappa shape index (κ1) is 20.1. The van der Waals surface area contributed by atoms with Gasteiger partial charge in [0.05, 0.1) is 18.5 Å². The van der Waals surface area contributed by atoms with Crippen molar-refractivity contribution in [1.82, 2.24) is 10.3 Å². The average molecular weight is 383 g/mol. The fourth-order valence-corrected chi connectivity index (χ4v) is 3.24. The van der Waals surface area contributed by atoms with Gasteiger partial charge >= 0.3 is 0 Å². The first-order valence-electron chi connectivity index (χ1n) is 9.87. The van der Waals surface area contributed by atoms with Crippen molar-refractivity contribution in [2.75, 3.05) is 43.6 Å². The maximum Gasteiger partial charge on any atom is 0.258 e. The van der Waals surface area contributed by atoms with Gasteiger partial charge in [-0.2, -0.15) is 0 Å². The number of hydrogen-bond donors (Lipinski definition) is 1. The third-order valence-electron chi connectivity index (χ3n) is 5.03. The Morgan fingerprint density at radius 2 is 2.04 bits per heavy atom. The summed E-state index contributed by atoms with van der Waals surface area (Å²) >= 11 is 0. The largest absolute Gasteiger partial charge is 0.493 e. The number of benzene rings is 1. The number of hydrogen-bond acceptors (Lipinski definition) is 5. The van der Waals surface area contributed by atoms with Crippen LogP contribution in [0.1, 0.15) is 30.6 Å². The number of aromatic nitrogens is 1. The van der Waals surface area contributed by atoms with Crippen molar-refractivity contribution >= 4 is 17.4 Å². The van der Waals surface area contributed by atoms with Crippen molar-refractivity contribution in [2.24, 2.45) is 5.92 Å². The molecule has 1 atom stereocenters. The van der Waals surface area contributed by atoms with Gasteiger partial charge in [-0.05, 0) is 55.8 Å². The third-order valence-corrected chi connectivity index (χ3v) is 5.03. The SMILES string of the molecule is CNC1CCN(c2ccc(N(C)C(=O)c3ccc(OCC(C)C)cc3)cn2)C1. The van der Waals surface area contributed by atoms with Gasteiger partial charge in [0.15, 0.2) is 0 Å². The molecule has 150 valence electrons. The highest BCUT2D eigenvalue weighted by Gasteiger charge is 2.22. The Hall–Kier alpha value is -2.60. The lowest BCUT2D eigenvalue weighted by Gasteiger charge is -2.20. The summed E-state index contributed by atoms with van der Waals surface area (Å²) in [6.45, 7) is 6.84.